The summed E-state index contributed by atoms with van der Waals surface area (Å²) in [4.78, 5) is 18.8. The lowest BCUT2D eigenvalue weighted by molar-refractivity contribution is 0.0734. The monoisotopic (exact) mass is 270 g/mol. The third-order valence-electron chi connectivity index (χ3n) is 3.83. The van der Waals surface area contributed by atoms with E-state index in [0.717, 1.165) is 30.6 Å². The Morgan fingerprint density at radius 2 is 2.30 bits per heavy atom. The van der Waals surface area contributed by atoms with Gasteiger partial charge < -0.3 is 4.90 Å². The number of carbonyl (C=O) groups is 1. The molecule has 1 aliphatic rings. The van der Waals surface area contributed by atoms with E-state index < -0.39 is 0 Å². The molecule has 20 heavy (non-hydrogen) atoms. The second-order valence-electron chi connectivity index (χ2n) is 5.24. The van der Waals surface area contributed by atoms with Crippen molar-refractivity contribution in [3.63, 3.8) is 0 Å². The molecule has 1 unspecified atom stereocenters. The molecule has 0 N–H and O–H groups in total. The topological polar surface area (TPSA) is 51.0 Å². The van der Waals surface area contributed by atoms with Gasteiger partial charge in [0.15, 0.2) is 0 Å². The number of rotatable bonds is 2. The second-order valence-corrected chi connectivity index (χ2v) is 5.24. The number of hydrogen-bond acceptors (Lipinski definition) is 3. The van der Waals surface area contributed by atoms with Gasteiger partial charge in [-0.05, 0) is 31.4 Å². The summed E-state index contributed by atoms with van der Waals surface area (Å²) >= 11 is 0. The standard InChI is InChI=1S/C15H18N4O/c1-11-13(10-18(2)17-11)15(20)19-8-4-6-14(19)12-5-3-7-16-9-12/h3,5,7,9-10,14H,4,6,8H2,1-2H3. The Kier molecular flexibility index (Phi) is 3.26. The third kappa shape index (κ3) is 2.19. The van der Waals surface area contributed by atoms with Crippen LogP contribution in [0.3, 0.4) is 0 Å². The van der Waals surface area contributed by atoms with Crippen molar-refractivity contribution >= 4 is 5.91 Å². The average molecular weight is 270 g/mol. The lowest BCUT2D eigenvalue weighted by atomic mass is 10.1. The Balaban J connectivity index is 1.89. The largest absolute Gasteiger partial charge is 0.331 e. The lowest BCUT2D eigenvalue weighted by Gasteiger charge is -2.24. The van der Waals surface area contributed by atoms with Gasteiger partial charge in [-0.3, -0.25) is 14.5 Å². The summed E-state index contributed by atoms with van der Waals surface area (Å²) in [5, 5.41) is 4.26. The summed E-state index contributed by atoms with van der Waals surface area (Å²) in [6.45, 7) is 2.68. The van der Waals surface area contributed by atoms with E-state index in [1.807, 2.05) is 37.2 Å². The third-order valence-corrected chi connectivity index (χ3v) is 3.83. The van der Waals surface area contributed by atoms with Gasteiger partial charge in [-0.25, -0.2) is 0 Å². The molecule has 1 saturated heterocycles. The molecular weight excluding hydrogens is 252 g/mol. The van der Waals surface area contributed by atoms with Crippen LogP contribution in [0, 0.1) is 6.92 Å². The van der Waals surface area contributed by atoms with E-state index in [4.69, 9.17) is 0 Å². The number of aryl methyl sites for hydroxylation is 2. The minimum atomic E-state index is 0.0713. The quantitative estimate of drug-likeness (QED) is 0.839. The van der Waals surface area contributed by atoms with Crippen molar-refractivity contribution in [1.29, 1.82) is 0 Å². The second kappa shape index (κ2) is 5.07. The zero-order chi connectivity index (χ0) is 14.1. The first-order valence-corrected chi connectivity index (χ1v) is 6.88. The van der Waals surface area contributed by atoms with Crippen molar-refractivity contribution in [2.24, 2.45) is 7.05 Å². The van der Waals surface area contributed by atoms with Crippen LogP contribution in [-0.4, -0.2) is 32.1 Å². The molecule has 3 heterocycles. The van der Waals surface area contributed by atoms with Crippen molar-refractivity contribution in [2.75, 3.05) is 6.54 Å². The van der Waals surface area contributed by atoms with E-state index in [-0.39, 0.29) is 11.9 Å². The zero-order valence-corrected chi connectivity index (χ0v) is 11.8. The van der Waals surface area contributed by atoms with Gasteiger partial charge >= 0.3 is 0 Å². The summed E-state index contributed by atoms with van der Waals surface area (Å²) in [6, 6.07) is 4.10. The van der Waals surface area contributed by atoms with E-state index in [1.54, 1.807) is 17.1 Å². The van der Waals surface area contributed by atoms with Crippen LogP contribution in [0.1, 0.15) is 40.5 Å². The first-order valence-electron chi connectivity index (χ1n) is 6.88. The molecule has 5 nitrogen and oxygen atoms in total. The predicted octanol–water partition coefficient (Wildman–Crippen LogP) is 2.10. The number of carbonyl (C=O) groups excluding carboxylic acids is 1. The molecule has 0 aliphatic carbocycles. The van der Waals surface area contributed by atoms with Gasteiger partial charge in [0.2, 0.25) is 0 Å². The molecule has 3 rings (SSSR count). The Hall–Kier alpha value is -2.17. The highest BCUT2D eigenvalue weighted by molar-refractivity contribution is 5.95. The van der Waals surface area contributed by atoms with Gasteiger partial charge in [0, 0.05) is 32.2 Å². The van der Waals surface area contributed by atoms with E-state index in [0.29, 0.717) is 5.56 Å². The summed E-state index contributed by atoms with van der Waals surface area (Å²) < 4.78 is 1.69. The summed E-state index contributed by atoms with van der Waals surface area (Å²) in [7, 11) is 1.84. The maximum Gasteiger partial charge on any atom is 0.257 e. The van der Waals surface area contributed by atoms with E-state index in [1.165, 1.54) is 0 Å². The first-order chi connectivity index (χ1) is 9.66. The van der Waals surface area contributed by atoms with Crippen molar-refractivity contribution in [3.8, 4) is 0 Å². The van der Waals surface area contributed by atoms with Crippen molar-refractivity contribution < 1.29 is 4.79 Å². The minimum absolute atomic E-state index is 0.0713. The number of nitrogens with zero attached hydrogens (tertiary/aromatic N) is 4. The highest BCUT2D eigenvalue weighted by Gasteiger charge is 2.31. The number of amides is 1. The van der Waals surface area contributed by atoms with Crippen molar-refractivity contribution in [1.82, 2.24) is 19.7 Å². The van der Waals surface area contributed by atoms with Gasteiger partial charge in [-0.2, -0.15) is 5.10 Å². The van der Waals surface area contributed by atoms with Crippen molar-refractivity contribution in [2.45, 2.75) is 25.8 Å². The molecule has 1 aliphatic heterocycles. The SMILES string of the molecule is Cc1nn(C)cc1C(=O)N1CCCC1c1cccnc1. The summed E-state index contributed by atoms with van der Waals surface area (Å²) in [5.74, 6) is 0.0713. The molecule has 0 spiro atoms. The fourth-order valence-electron chi connectivity index (χ4n) is 2.89. The fourth-order valence-corrected chi connectivity index (χ4v) is 2.89. The molecule has 2 aromatic rings. The highest BCUT2D eigenvalue weighted by atomic mass is 16.2. The van der Waals surface area contributed by atoms with Gasteiger partial charge in [0.25, 0.3) is 5.91 Å². The molecule has 0 saturated carbocycles. The normalized spacial score (nSPS) is 18.5. The highest BCUT2D eigenvalue weighted by Crippen LogP contribution is 2.32. The van der Waals surface area contributed by atoms with E-state index in [2.05, 4.69) is 10.1 Å². The minimum Gasteiger partial charge on any atom is -0.331 e. The van der Waals surface area contributed by atoms with E-state index in [9.17, 15) is 4.79 Å². The summed E-state index contributed by atoms with van der Waals surface area (Å²) in [5.41, 5.74) is 2.59. The number of pyridine rings is 1. The number of likely N-dealkylation sites (tertiary alicyclic amines) is 1. The van der Waals surface area contributed by atoms with Crippen LogP contribution < -0.4 is 0 Å². The Bertz CT molecular complexity index is 620. The summed E-state index contributed by atoms with van der Waals surface area (Å²) in [6.07, 6.45) is 7.44. The lowest BCUT2D eigenvalue weighted by Crippen LogP contribution is -2.30. The van der Waals surface area contributed by atoms with Crippen molar-refractivity contribution in [3.05, 3.63) is 47.5 Å². The van der Waals surface area contributed by atoms with Gasteiger partial charge in [0.1, 0.15) is 0 Å². The molecule has 1 atom stereocenters. The molecule has 104 valence electrons. The molecule has 0 aromatic carbocycles. The molecule has 0 bridgehead atoms. The maximum atomic E-state index is 12.7. The Morgan fingerprint density at radius 1 is 1.45 bits per heavy atom. The first kappa shape index (κ1) is 12.8. The number of hydrogen-bond donors (Lipinski definition) is 0. The van der Waals surface area contributed by atoms with Crippen LogP contribution in [0.15, 0.2) is 30.7 Å². The zero-order valence-electron chi connectivity index (χ0n) is 11.8. The smallest absolute Gasteiger partial charge is 0.257 e. The Morgan fingerprint density at radius 3 is 2.95 bits per heavy atom. The average Bonchev–Trinajstić information content (AvgIpc) is 3.05. The van der Waals surface area contributed by atoms with Gasteiger partial charge in [0.05, 0.1) is 17.3 Å². The molecular formula is C15H18N4O. The van der Waals surface area contributed by atoms with Crippen LogP contribution >= 0.6 is 0 Å². The van der Waals surface area contributed by atoms with Crippen LogP contribution in [0.4, 0.5) is 0 Å². The molecule has 1 fully saturated rings. The van der Waals surface area contributed by atoms with Crippen LogP contribution in [0.25, 0.3) is 0 Å². The Labute approximate surface area is 118 Å². The molecule has 5 heteroatoms. The van der Waals surface area contributed by atoms with Crippen LogP contribution in [0.5, 0.6) is 0 Å². The number of aromatic nitrogens is 3. The fraction of sp³-hybridized carbons (Fsp3) is 0.400. The van der Waals surface area contributed by atoms with E-state index >= 15 is 0 Å². The van der Waals surface area contributed by atoms with Gasteiger partial charge in [-0.1, -0.05) is 6.07 Å². The molecule has 2 aromatic heterocycles. The van der Waals surface area contributed by atoms with Crippen LogP contribution in [-0.2, 0) is 7.05 Å². The molecule has 0 radical (unpaired) electrons. The predicted molar refractivity (Wildman–Crippen MR) is 75.2 cm³/mol. The molecule has 1 amide bonds. The van der Waals surface area contributed by atoms with Gasteiger partial charge in [-0.15, -0.1) is 0 Å². The maximum absolute atomic E-state index is 12.7. The van der Waals surface area contributed by atoms with Crippen LogP contribution in [0.2, 0.25) is 0 Å².